The highest BCUT2D eigenvalue weighted by Gasteiger charge is 2.19. The third-order valence-electron chi connectivity index (χ3n) is 7.00. The predicted molar refractivity (Wildman–Crippen MR) is 197 cm³/mol. The van der Waals surface area contributed by atoms with Gasteiger partial charge in [-0.25, -0.2) is 0 Å². The highest BCUT2D eigenvalue weighted by molar-refractivity contribution is 14.1. The van der Waals surface area contributed by atoms with Gasteiger partial charge in [0.1, 0.15) is 5.70 Å². The number of carbonyl (C=O) groups is 3. The molecule has 0 heterocycles. The number of hydrogen-bond donors (Lipinski definition) is 3. The van der Waals surface area contributed by atoms with Gasteiger partial charge >= 0.3 is 0 Å². The van der Waals surface area contributed by atoms with Crippen LogP contribution in [0.2, 0.25) is 0 Å². The minimum Gasteiger partial charge on any atom is -0.325 e. The summed E-state index contributed by atoms with van der Waals surface area (Å²) in [4.78, 5) is 40.6. The molecule has 0 saturated heterocycles. The first kappa shape index (κ1) is 32.7. The van der Waals surface area contributed by atoms with E-state index in [0.29, 0.717) is 17.7 Å². The molecule has 0 aliphatic carbocycles. The van der Waals surface area contributed by atoms with Crippen LogP contribution in [-0.2, 0) is 9.59 Å². The van der Waals surface area contributed by atoms with Gasteiger partial charge in [-0.3, -0.25) is 14.4 Å². The van der Waals surface area contributed by atoms with E-state index in [1.54, 1.807) is 36.4 Å². The smallest absolute Gasteiger partial charge is 0.272 e. The SMILES string of the molecule is CCC(Sc1cccc(NC(=O)/C(=C\c2ccc(-c3ccccc3)cc2)NC(=O)c2ccccc2)c1)C(=O)Nc1ccc(I)cc1. The monoisotopic (exact) mass is 737 g/mol. The van der Waals surface area contributed by atoms with Crippen LogP contribution in [0.25, 0.3) is 17.2 Å². The van der Waals surface area contributed by atoms with Gasteiger partial charge in [0.2, 0.25) is 5.91 Å². The third-order valence-corrected chi connectivity index (χ3v) is 9.08. The van der Waals surface area contributed by atoms with Crippen molar-refractivity contribution >= 4 is 69.5 Å². The maximum absolute atomic E-state index is 13.6. The first-order chi connectivity index (χ1) is 22.4. The van der Waals surface area contributed by atoms with Gasteiger partial charge in [0, 0.05) is 25.4 Å². The highest BCUT2D eigenvalue weighted by atomic mass is 127. The molecule has 0 fully saturated rings. The molecule has 0 aliphatic heterocycles. The van der Waals surface area contributed by atoms with E-state index in [-0.39, 0.29) is 16.9 Å². The molecule has 5 aromatic rings. The summed E-state index contributed by atoms with van der Waals surface area (Å²) in [5, 5.41) is 8.38. The molecule has 6 nitrogen and oxygen atoms in total. The number of benzene rings is 5. The molecule has 3 N–H and O–H groups in total. The largest absolute Gasteiger partial charge is 0.325 e. The molecule has 3 amide bonds. The van der Waals surface area contributed by atoms with Gasteiger partial charge < -0.3 is 16.0 Å². The Kier molecular flexibility index (Phi) is 11.4. The van der Waals surface area contributed by atoms with E-state index in [1.165, 1.54) is 11.8 Å². The molecule has 0 radical (unpaired) electrons. The lowest BCUT2D eigenvalue weighted by atomic mass is 10.0. The van der Waals surface area contributed by atoms with Crippen LogP contribution in [0, 0.1) is 3.57 Å². The molecule has 0 aliphatic rings. The second-order valence-electron chi connectivity index (χ2n) is 10.4. The molecule has 1 atom stereocenters. The Balaban J connectivity index is 1.33. The number of rotatable bonds is 11. The van der Waals surface area contributed by atoms with Gasteiger partial charge in [-0.05, 0) is 106 Å². The molecule has 0 spiro atoms. The van der Waals surface area contributed by atoms with Crippen LogP contribution in [0.3, 0.4) is 0 Å². The summed E-state index contributed by atoms with van der Waals surface area (Å²) in [5.74, 6) is -0.950. The minimum absolute atomic E-state index is 0.0877. The normalized spacial score (nSPS) is 11.7. The van der Waals surface area contributed by atoms with Gasteiger partial charge in [0.05, 0.1) is 5.25 Å². The van der Waals surface area contributed by atoms with Crippen molar-refractivity contribution in [1.82, 2.24) is 5.32 Å². The molecule has 8 heteroatoms. The molecule has 46 heavy (non-hydrogen) atoms. The van der Waals surface area contributed by atoms with Crippen LogP contribution in [-0.4, -0.2) is 23.0 Å². The Morgan fingerprint density at radius 1 is 0.717 bits per heavy atom. The predicted octanol–water partition coefficient (Wildman–Crippen LogP) is 8.88. The maximum Gasteiger partial charge on any atom is 0.272 e. The molecule has 0 bridgehead atoms. The van der Waals surface area contributed by atoms with Crippen molar-refractivity contribution in [3.8, 4) is 11.1 Å². The molecular formula is C38H32IN3O3S. The van der Waals surface area contributed by atoms with Gasteiger partial charge in [-0.15, -0.1) is 11.8 Å². The van der Waals surface area contributed by atoms with E-state index < -0.39 is 11.8 Å². The zero-order valence-electron chi connectivity index (χ0n) is 25.1. The van der Waals surface area contributed by atoms with Crippen molar-refractivity contribution in [3.63, 3.8) is 0 Å². The van der Waals surface area contributed by atoms with Crippen molar-refractivity contribution in [3.05, 3.63) is 154 Å². The van der Waals surface area contributed by atoms with Crippen LogP contribution >= 0.6 is 34.4 Å². The van der Waals surface area contributed by atoms with E-state index in [2.05, 4.69) is 38.5 Å². The second-order valence-corrected chi connectivity index (χ2v) is 12.9. The minimum atomic E-state index is -0.470. The number of hydrogen-bond acceptors (Lipinski definition) is 4. The Morgan fingerprint density at radius 2 is 1.37 bits per heavy atom. The average Bonchev–Trinajstić information content (AvgIpc) is 3.09. The zero-order chi connectivity index (χ0) is 32.3. The van der Waals surface area contributed by atoms with Crippen molar-refractivity contribution < 1.29 is 14.4 Å². The van der Waals surface area contributed by atoms with Crippen LogP contribution in [0.1, 0.15) is 29.3 Å². The van der Waals surface area contributed by atoms with Crippen LogP contribution < -0.4 is 16.0 Å². The molecule has 5 aromatic carbocycles. The molecular weight excluding hydrogens is 705 g/mol. The maximum atomic E-state index is 13.6. The lowest BCUT2D eigenvalue weighted by molar-refractivity contribution is -0.116. The van der Waals surface area contributed by atoms with E-state index >= 15 is 0 Å². The van der Waals surface area contributed by atoms with Crippen molar-refractivity contribution in [2.24, 2.45) is 0 Å². The van der Waals surface area contributed by atoms with Crippen LogP contribution in [0.15, 0.2) is 144 Å². The molecule has 0 aromatic heterocycles. The van der Waals surface area contributed by atoms with E-state index in [0.717, 1.165) is 30.8 Å². The van der Waals surface area contributed by atoms with Gasteiger partial charge in [0.15, 0.2) is 0 Å². The van der Waals surface area contributed by atoms with E-state index in [9.17, 15) is 14.4 Å². The first-order valence-electron chi connectivity index (χ1n) is 14.8. The Morgan fingerprint density at radius 3 is 2.04 bits per heavy atom. The summed E-state index contributed by atoms with van der Waals surface area (Å²) in [6.07, 6.45) is 2.28. The van der Waals surface area contributed by atoms with Crippen LogP contribution in [0.4, 0.5) is 11.4 Å². The highest BCUT2D eigenvalue weighted by Crippen LogP contribution is 2.29. The van der Waals surface area contributed by atoms with Crippen LogP contribution in [0.5, 0.6) is 0 Å². The number of anilines is 2. The summed E-state index contributed by atoms with van der Waals surface area (Å²) >= 11 is 3.66. The quantitative estimate of drug-likeness (QED) is 0.0719. The number of halogens is 1. The Hall–Kier alpha value is -4.67. The number of carbonyl (C=O) groups excluding carboxylic acids is 3. The third kappa shape index (κ3) is 9.18. The van der Waals surface area contributed by atoms with Gasteiger partial charge in [0.25, 0.3) is 11.8 Å². The molecule has 1 unspecified atom stereocenters. The topological polar surface area (TPSA) is 87.3 Å². The van der Waals surface area contributed by atoms with Crippen molar-refractivity contribution in [1.29, 1.82) is 0 Å². The fraction of sp³-hybridized carbons (Fsp3) is 0.0789. The summed E-state index contributed by atoms with van der Waals surface area (Å²) in [5.41, 5.74) is 4.72. The lowest BCUT2D eigenvalue weighted by Crippen LogP contribution is -2.30. The Bertz CT molecular complexity index is 1830. The summed E-state index contributed by atoms with van der Waals surface area (Å²) in [6.45, 7) is 1.97. The second kappa shape index (κ2) is 16.1. The number of amides is 3. The number of nitrogens with one attached hydrogen (secondary N) is 3. The lowest BCUT2D eigenvalue weighted by Gasteiger charge is -2.16. The van der Waals surface area contributed by atoms with Gasteiger partial charge in [-0.1, -0.05) is 85.8 Å². The summed E-state index contributed by atoms with van der Waals surface area (Å²) in [7, 11) is 0. The Labute approximate surface area is 286 Å². The summed E-state index contributed by atoms with van der Waals surface area (Å²) in [6, 6.07) is 41.6. The van der Waals surface area contributed by atoms with Gasteiger partial charge in [-0.2, -0.15) is 0 Å². The fourth-order valence-corrected chi connectivity index (χ4v) is 5.97. The molecule has 0 saturated carbocycles. The number of thioether (sulfide) groups is 1. The summed E-state index contributed by atoms with van der Waals surface area (Å²) < 4.78 is 1.09. The molecule has 230 valence electrons. The first-order valence-corrected chi connectivity index (χ1v) is 16.7. The van der Waals surface area contributed by atoms with E-state index in [1.807, 2.05) is 110 Å². The van der Waals surface area contributed by atoms with Crippen molar-refractivity contribution in [2.75, 3.05) is 10.6 Å². The van der Waals surface area contributed by atoms with Crippen molar-refractivity contribution in [2.45, 2.75) is 23.5 Å². The fourth-order valence-electron chi connectivity index (χ4n) is 4.60. The van der Waals surface area contributed by atoms with E-state index in [4.69, 9.17) is 0 Å². The standard InChI is InChI=1S/C38H32IN3O3S/c1-2-35(38(45)40-31-22-20-30(39)21-23-31)46-33-15-9-14-32(25-33)41-37(44)34(42-36(43)29-12-7-4-8-13-29)24-26-16-18-28(19-17-26)27-10-5-3-6-11-27/h3-25,35H,2H2,1H3,(H,40,45)(H,41,44)(H,42,43)/b34-24+. The zero-order valence-corrected chi connectivity index (χ0v) is 28.0. The average molecular weight is 738 g/mol. The molecule has 5 rings (SSSR count).